The lowest BCUT2D eigenvalue weighted by molar-refractivity contribution is -0.384. The van der Waals surface area contributed by atoms with Crippen LogP contribution in [0, 0.1) is 10.1 Å². The molecule has 1 aliphatic heterocycles. The van der Waals surface area contributed by atoms with Crippen molar-refractivity contribution in [2.75, 3.05) is 72.0 Å². The van der Waals surface area contributed by atoms with Crippen LogP contribution in [-0.4, -0.2) is 137 Å². The standard InChI is InChI=1S/C24H36N6O9/c31-14-6-24(26-7-5-19-1-3-20(4-2-19)30(38)39)18-28(16-22(34)35)13-12-27(15-21(32)33)10-8-25-9-11-29(24)17-23(36)37/h1-4,14,25-26H,5-13,15-18H2,(H,32,33)(H,34,35)(H,36,37). The van der Waals surface area contributed by atoms with Gasteiger partial charge in [-0.1, -0.05) is 12.1 Å². The monoisotopic (exact) mass is 552 g/mol. The summed E-state index contributed by atoms with van der Waals surface area (Å²) in [6.07, 6.45) is 0.918. The molecule has 2 rings (SSSR count). The quantitative estimate of drug-likeness (QED) is 0.110. The van der Waals surface area contributed by atoms with Crippen molar-refractivity contribution in [3.8, 4) is 0 Å². The van der Waals surface area contributed by atoms with Crippen LogP contribution in [0.2, 0.25) is 0 Å². The minimum Gasteiger partial charge on any atom is -0.480 e. The van der Waals surface area contributed by atoms with E-state index in [9.17, 15) is 44.6 Å². The highest BCUT2D eigenvalue weighted by Gasteiger charge is 2.39. The Morgan fingerprint density at radius 3 is 2.13 bits per heavy atom. The van der Waals surface area contributed by atoms with Crippen LogP contribution in [0.3, 0.4) is 0 Å². The van der Waals surface area contributed by atoms with Crippen LogP contribution in [0.15, 0.2) is 24.3 Å². The van der Waals surface area contributed by atoms with Crippen molar-refractivity contribution >= 4 is 29.9 Å². The lowest BCUT2D eigenvalue weighted by atomic mass is 10.0. The zero-order valence-corrected chi connectivity index (χ0v) is 21.7. The van der Waals surface area contributed by atoms with Crippen LogP contribution in [0.1, 0.15) is 12.0 Å². The number of hydrogen-bond donors (Lipinski definition) is 5. The molecule has 5 N–H and O–H groups in total. The molecular formula is C24H36N6O9. The van der Waals surface area contributed by atoms with Gasteiger partial charge in [-0.3, -0.25) is 44.5 Å². The zero-order valence-electron chi connectivity index (χ0n) is 21.7. The number of nitro benzene ring substituents is 1. The Bertz CT molecular complexity index is 993. The molecule has 1 aromatic rings. The molecule has 0 radical (unpaired) electrons. The molecule has 0 saturated carbocycles. The number of carboxylic acids is 3. The Morgan fingerprint density at radius 2 is 1.54 bits per heavy atom. The molecule has 0 spiro atoms. The molecular weight excluding hydrogens is 516 g/mol. The van der Waals surface area contributed by atoms with Gasteiger partial charge >= 0.3 is 17.9 Å². The number of nitro groups is 1. The summed E-state index contributed by atoms with van der Waals surface area (Å²) in [5.41, 5.74) is -0.528. The van der Waals surface area contributed by atoms with Gasteiger partial charge in [0.05, 0.1) is 30.2 Å². The van der Waals surface area contributed by atoms with Gasteiger partial charge in [0.25, 0.3) is 5.69 Å². The molecule has 1 heterocycles. The van der Waals surface area contributed by atoms with E-state index in [1.807, 2.05) is 0 Å². The van der Waals surface area contributed by atoms with Gasteiger partial charge in [-0.15, -0.1) is 0 Å². The van der Waals surface area contributed by atoms with E-state index >= 15 is 0 Å². The van der Waals surface area contributed by atoms with Crippen molar-refractivity contribution in [2.24, 2.45) is 0 Å². The van der Waals surface area contributed by atoms with Crippen LogP contribution in [0.4, 0.5) is 5.69 Å². The fourth-order valence-corrected chi connectivity index (χ4v) is 4.60. The molecule has 0 amide bonds. The summed E-state index contributed by atoms with van der Waals surface area (Å²) in [5, 5.41) is 45.9. The van der Waals surface area contributed by atoms with E-state index in [4.69, 9.17) is 0 Å². The first-order chi connectivity index (χ1) is 18.5. The molecule has 15 nitrogen and oxygen atoms in total. The van der Waals surface area contributed by atoms with Gasteiger partial charge in [0.1, 0.15) is 6.29 Å². The van der Waals surface area contributed by atoms with Crippen molar-refractivity contribution < 1.29 is 39.4 Å². The number of rotatable bonds is 13. The third kappa shape index (κ3) is 11.0. The largest absolute Gasteiger partial charge is 0.480 e. The van der Waals surface area contributed by atoms with Gasteiger partial charge in [-0.25, -0.2) is 0 Å². The molecule has 39 heavy (non-hydrogen) atoms. The number of carbonyl (C=O) groups excluding carboxylic acids is 1. The number of hydrogen-bond acceptors (Lipinski definition) is 11. The number of nitrogens with one attached hydrogen (secondary N) is 2. The van der Waals surface area contributed by atoms with Gasteiger partial charge < -0.3 is 25.4 Å². The summed E-state index contributed by atoms with van der Waals surface area (Å²) in [6.45, 7) is 1.03. The first-order valence-electron chi connectivity index (χ1n) is 12.5. The van der Waals surface area contributed by atoms with Gasteiger partial charge in [0.2, 0.25) is 0 Å². The SMILES string of the molecule is O=CCC1(NCCc2ccc([N+](=O)[O-])cc2)CN(CC(=O)O)CCN(CC(=O)O)CCNCCN1CC(=O)O. The van der Waals surface area contributed by atoms with E-state index in [-0.39, 0.29) is 51.4 Å². The number of aliphatic carboxylic acids is 3. The molecule has 1 unspecified atom stereocenters. The average molecular weight is 553 g/mol. The number of benzene rings is 1. The van der Waals surface area contributed by atoms with E-state index in [2.05, 4.69) is 10.6 Å². The molecule has 15 heteroatoms. The second kappa shape index (κ2) is 15.8. The summed E-state index contributed by atoms with van der Waals surface area (Å²) >= 11 is 0. The Hall–Kier alpha value is -3.50. The normalized spacial score (nSPS) is 20.4. The Morgan fingerprint density at radius 1 is 0.949 bits per heavy atom. The molecule has 216 valence electrons. The predicted molar refractivity (Wildman–Crippen MR) is 138 cm³/mol. The smallest absolute Gasteiger partial charge is 0.317 e. The number of carboxylic acid groups (broad SMARTS) is 3. The van der Waals surface area contributed by atoms with E-state index in [0.29, 0.717) is 32.3 Å². The second-order valence-corrected chi connectivity index (χ2v) is 9.34. The van der Waals surface area contributed by atoms with Crippen molar-refractivity contribution in [1.82, 2.24) is 25.3 Å². The number of aldehydes is 1. The highest BCUT2D eigenvalue weighted by Crippen LogP contribution is 2.20. The maximum Gasteiger partial charge on any atom is 0.317 e. The van der Waals surface area contributed by atoms with Crippen LogP contribution in [0.5, 0.6) is 0 Å². The highest BCUT2D eigenvalue weighted by molar-refractivity contribution is 5.70. The second-order valence-electron chi connectivity index (χ2n) is 9.34. The summed E-state index contributed by atoms with van der Waals surface area (Å²) in [7, 11) is 0. The lowest BCUT2D eigenvalue weighted by Crippen LogP contribution is -2.67. The fraction of sp³-hybridized carbons (Fsp3) is 0.583. The highest BCUT2D eigenvalue weighted by atomic mass is 16.6. The molecule has 1 aromatic carbocycles. The first kappa shape index (κ1) is 31.7. The summed E-state index contributed by atoms with van der Waals surface area (Å²) < 4.78 is 0. The topological polar surface area (TPSA) is 206 Å². The molecule has 0 aliphatic carbocycles. The summed E-state index contributed by atoms with van der Waals surface area (Å²) in [6, 6.07) is 5.98. The van der Waals surface area contributed by atoms with Crippen molar-refractivity contribution in [3.05, 3.63) is 39.9 Å². The molecule has 0 bridgehead atoms. The molecule has 0 aromatic heterocycles. The van der Waals surface area contributed by atoms with E-state index < -0.39 is 41.6 Å². The predicted octanol–water partition coefficient (Wildman–Crippen LogP) is -1.22. The van der Waals surface area contributed by atoms with Gasteiger partial charge in [-0.05, 0) is 12.0 Å². The molecule has 1 fully saturated rings. The first-order valence-corrected chi connectivity index (χ1v) is 12.5. The van der Waals surface area contributed by atoms with Crippen molar-refractivity contribution in [2.45, 2.75) is 18.5 Å². The number of non-ortho nitro benzene ring substituents is 1. The third-order valence-corrected chi connectivity index (χ3v) is 6.47. The molecule has 1 saturated heterocycles. The molecule has 1 atom stereocenters. The van der Waals surface area contributed by atoms with Gasteiger partial charge in [-0.2, -0.15) is 0 Å². The maximum absolute atomic E-state index is 11.9. The van der Waals surface area contributed by atoms with Crippen LogP contribution in [0.25, 0.3) is 0 Å². The zero-order chi connectivity index (χ0) is 28.8. The van der Waals surface area contributed by atoms with Crippen LogP contribution >= 0.6 is 0 Å². The fourth-order valence-electron chi connectivity index (χ4n) is 4.60. The minimum atomic E-state index is -1.26. The Labute approximate surface area is 225 Å². The Kier molecular flexibility index (Phi) is 12.9. The number of nitrogens with zero attached hydrogens (tertiary/aromatic N) is 4. The van der Waals surface area contributed by atoms with E-state index in [0.717, 1.165) is 5.56 Å². The van der Waals surface area contributed by atoms with E-state index in [1.54, 1.807) is 26.8 Å². The third-order valence-electron chi connectivity index (χ3n) is 6.47. The Balaban J connectivity index is 2.36. The van der Waals surface area contributed by atoms with Crippen molar-refractivity contribution in [1.29, 1.82) is 0 Å². The lowest BCUT2D eigenvalue weighted by Gasteiger charge is -2.46. The summed E-state index contributed by atoms with van der Waals surface area (Å²) in [5.74, 6) is -3.25. The minimum absolute atomic E-state index is 0.0213. The average Bonchev–Trinajstić information content (AvgIpc) is 2.85. The van der Waals surface area contributed by atoms with Crippen molar-refractivity contribution in [3.63, 3.8) is 0 Å². The van der Waals surface area contributed by atoms with Crippen LogP contribution < -0.4 is 10.6 Å². The van der Waals surface area contributed by atoms with E-state index in [1.165, 1.54) is 12.1 Å². The summed E-state index contributed by atoms with van der Waals surface area (Å²) in [4.78, 5) is 62.0. The van der Waals surface area contributed by atoms with Crippen LogP contribution in [-0.2, 0) is 25.6 Å². The van der Waals surface area contributed by atoms with Gasteiger partial charge in [0.15, 0.2) is 0 Å². The van der Waals surface area contributed by atoms with Gasteiger partial charge in [0, 0.05) is 70.9 Å². The molecule has 1 aliphatic rings. The maximum atomic E-state index is 11.9. The number of carbonyl (C=O) groups is 4.